The summed E-state index contributed by atoms with van der Waals surface area (Å²) in [6, 6.07) is 16.6. The lowest BCUT2D eigenvalue weighted by molar-refractivity contribution is -0.133. The van der Waals surface area contributed by atoms with Gasteiger partial charge in [-0.3, -0.25) is 4.79 Å². The van der Waals surface area contributed by atoms with E-state index in [0.29, 0.717) is 22.1 Å². The number of nitrogens with two attached hydrogens (primary N) is 1. The van der Waals surface area contributed by atoms with Crippen LogP contribution in [0.3, 0.4) is 0 Å². The monoisotopic (exact) mass is 455 g/mol. The molecule has 9 heteroatoms. The second kappa shape index (κ2) is 10.5. The zero-order valence-corrected chi connectivity index (χ0v) is 18.1. The number of urea groups is 1. The van der Waals surface area contributed by atoms with Gasteiger partial charge in [-0.25, -0.2) is 9.59 Å². The maximum absolute atomic E-state index is 12.3. The average Bonchev–Trinajstić information content (AvgIpc) is 3.25. The van der Waals surface area contributed by atoms with Crippen molar-refractivity contribution >= 4 is 29.5 Å². The maximum atomic E-state index is 12.3. The van der Waals surface area contributed by atoms with Gasteiger partial charge < -0.3 is 25.1 Å². The molecular weight excluding hydrogens is 434 g/mol. The molecule has 32 heavy (non-hydrogen) atoms. The summed E-state index contributed by atoms with van der Waals surface area (Å²) in [4.78, 5) is 36.7. The predicted molar refractivity (Wildman–Crippen MR) is 119 cm³/mol. The molecule has 0 radical (unpaired) electrons. The molecule has 0 aliphatic heterocycles. The molecule has 0 saturated heterocycles. The zero-order valence-electron chi connectivity index (χ0n) is 17.3. The number of carbonyl (C=O) groups is 3. The van der Waals surface area contributed by atoms with Crippen LogP contribution < -0.4 is 11.1 Å². The van der Waals surface area contributed by atoms with E-state index in [9.17, 15) is 14.4 Å². The molecule has 3 rings (SSSR count). The lowest BCUT2D eigenvalue weighted by Crippen LogP contribution is -2.30. The molecule has 0 fully saturated rings. The van der Waals surface area contributed by atoms with Gasteiger partial charge in [0.15, 0.2) is 6.61 Å². The number of hydrogen-bond acceptors (Lipinski definition) is 5. The van der Waals surface area contributed by atoms with Crippen LogP contribution in [0.5, 0.6) is 0 Å². The molecule has 0 atom stereocenters. The third-order valence-electron chi connectivity index (χ3n) is 4.59. The summed E-state index contributed by atoms with van der Waals surface area (Å²) in [6.45, 7) is 0.0804. The second-order valence-electron chi connectivity index (χ2n) is 7.01. The van der Waals surface area contributed by atoms with E-state index in [1.54, 1.807) is 49.5 Å². The van der Waals surface area contributed by atoms with E-state index in [-0.39, 0.29) is 19.0 Å². The number of ether oxygens (including phenoxy) is 1. The Labute approximate surface area is 189 Å². The van der Waals surface area contributed by atoms with Crippen molar-refractivity contribution in [2.45, 2.75) is 13.1 Å². The normalized spacial score (nSPS) is 10.4. The molecule has 166 valence electrons. The van der Waals surface area contributed by atoms with Gasteiger partial charge in [0.05, 0.1) is 12.1 Å². The smallest absolute Gasteiger partial charge is 0.338 e. The van der Waals surface area contributed by atoms with Crippen molar-refractivity contribution in [3.05, 3.63) is 82.6 Å². The summed E-state index contributed by atoms with van der Waals surface area (Å²) in [5, 5.41) is 3.09. The Kier molecular flexibility index (Phi) is 7.51. The minimum atomic E-state index is -0.633. The fraction of sp³-hybridized carbons (Fsp3) is 0.174. The molecule has 1 heterocycles. The highest BCUT2D eigenvalue weighted by Crippen LogP contribution is 2.24. The summed E-state index contributed by atoms with van der Waals surface area (Å²) in [6.07, 6.45) is 0. The molecule has 8 nitrogen and oxygen atoms in total. The number of rotatable bonds is 8. The van der Waals surface area contributed by atoms with E-state index in [0.717, 1.165) is 11.1 Å². The van der Waals surface area contributed by atoms with Crippen LogP contribution in [0.2, 0.25) is 5.02 Å². The van der Waals surface area contributed by atoms with E-state index < -0.39 is 18.6 Å². The van der Waals surface area contributed by atoms with Crippen LogP contribution in [0.15, 0.2) is 65.1 Å². The SMILES string of the molecule is CN(Cc1ccc(-c2ccc(Cl)cc2)o1)C(=O)COC(=O)c1ccc(CNC(N)=O)cc1. The first-order valence-electron chi connectivity index (χ1n) is 9.70. The Bertz CT molecular complexity index is 1090. The van der Waals surface area contributed by atoms with Gasteiger partial charge in [-0.15, -0.1) is 0 Å². The number of halogens is 1. The van der Waals surface area contributed by atoms with Gasteiger partial charge in [-0.2, -0.15) is 0 Å². The van der Waals surface area contributed by atoms with Gasteiger partial charge in [0.25, 0.3) is 5.91 Å². The quantitative estimate of drug-likeness (QED) is 0.504. The summed E-state index contributed by atoms with van der Waals surface area (Å²) in [5.74, 6) is 0.268. The average molecular weight is 456 g/mol. The molecule has 0 spiro atoms. The molecule has 3 N–H and O–H groups in total. The first-order chi connectivity index (χ1) is 15.3. The van der Waals surface area contributed by atoms with E-state index >= 15 is 0 Å². The highest BCUT2D eigenvalue weighted by atomic mass is 35.5. The Morgan fingerprint density at radius 1 is 1.03 bits per heavy atom. The van der Waals surface area contributed by atoms with Gasteiger partial charge in [0.2, 0.25) is 0 Å². The predicted octanol–water partition coefficient (Wildman–Crippen LogP) is 3.58. The lowest BCUT2D eigenvalue weighted by Gasteiger charge is -2.15. The van der Waals surface area contributed by atoms with Gasteiger partial charge in [-0.05, 0) is 54.1 Å². The number of hydrogen-bond donors (Lipinski definition) is 2. The number of nitrogens with zero attached hydrogens (tertiary/aromatic N) is 1. The molecular formula is C23H22ClN3O5. The molecule has 3 amide bonds. The van der Waals surface area contributed by atoms with Gasteiger partial charge in [0.1, 0.15) is 11.5 Å². The summed E-state index contributed by atoms with van der Waals surface area (Å²) >= 11 is 5.90. The third-order valence-corrected chi connectivity index (χ3v) is 4.84. The van der Waals surface area contributed by atoms with Crippen LogP contribution in [0.4, 0.5) is 4.79 Å². The Hall–Kier alpha value is -3.78. The summed E-state index contributed by atoms with van der Waals surface area (Å²) in [7, 11) is 1.60. The van der Waals surface area contributed by atoms with Crippen molar-refractivity contribution in [3.63, 3.8) is 0 Å². The van der Waals surface area contributed by atoms with E-state index in [2.05, 4.69) is 5.32 Å². The van der Waals surface area contributed by atoms with Gasteiger partial charge >= 0.3 is 12.0 Å². The van der Waals surface area contributed by atoms with E-state index in [1.807, 2.05) is 18.2 Å². The van der Waals surface area contributed by atoms with Crippen molar-refractivity contribution in [3.8, 4) is 11.3 Å². The Morgan fingerprint density at radius 2 is 1.72 bits per heavy atom. The van der Waals surface area contributed by atoms with E-state index in [1.165, 1.54) is 4.90 Å². The number of benzene rings is 2. The van der Waals surface area contributed by atoms with Crippen molar-refractivity contribution in [2.75, 3.05) is 13.7 Å². The summed E-state index contributed by atoms with van der Waals surface area (Å²) in [5.41, 5.74) is 6.96. The van der Waals surface area contributed by atoms with Crippen molar-refractivity contribution in [2.24, 2.45) is 5.73 Å². The number of nitrogens with one attached hydrogen (secondary N) is 1. The first kappa shape index (κ1) is 22.9. The standard InChI is InChI=1S/C23H22ClN3O5/c1-27(13-19-10-11-20(32-19)16-6-8-18(24)9-7-16)21(28)14-31-22(29)17-4-2-15(3-5-17)12-26-23(25)30/h2-11H,12-14H2,1H3,(H3,25,26,30). The molecule has 0 saturated carbocycles. The number of carbonyl (C=O) groups excluding carboxylic acids is 3. The molecule has 2 aromatic carbocycles. The van der Waals surface area contributed by atoms with Crippen molar-refractivity contribution in [1.29, 1.82) is 0 Å². The molecule has 1 aromatic heterocycles. The molecule has 3 aromatic rings. The van der Waals surface area contributed by atoms with Crippen LogP contribution >= 0.6 is 11.6 Å². The topological polar surface area (TPSA) is 115 Å². The fourth-order valence-electron chi connectivity index (χ4n) is 2.82. The molecule has 0 aliphatic carbocycles. The number of amides is 3. The zero-order chi connectivity index (χ0) is 23.1. The molecule has 0 unspecified atom stereocenters. The largest absolute Gasteiger partial charge is 0.459 e. The number of primary amides is 1. The minimum absolute atomic E-state index is 0.228. The number of furan rings is 1. The third kappa shape index (κ3) is 6.36. The van der Waals surface area contributed by atoms with Crippen LogP contribution in [0.1, 0.15) is 21.7 Å². The van der Waals surface area contributed by atoms with Crippen LogP contribution in [0.25, 0.3) is 11.3 Å². The van der Waals surface area contributed by atoms with Crippen LogP contribution in [-0.2, 0) is 22.6 Å². The van der Waals surface area contributed by atoms with Crippen LogP contribution in [0, 0.1) is 0 Å². The van der Waals surface area contributed by atoms with Crippen molar-refractivity contribution < 1.29 is 23.5 Å². The Balaban J connectivity index is 1.49. The highest BCUT2D eigenvalue weighted by molar-refractivity contribution is 6.30. The second-order valence-corrected chi connectivity index (χ2v) is 7.45. The maximum Gasteiger partial charge on any atom is 0.338 e. The van der Waals surface area contributed by atoms with Crippen LogP contribution in [-0.4, -0.2) is 36.5 Å². The van der Waals surface area contributed by atoms with Crippen molar-refractivity contribution in [1.82, 2.24) is 10.2 Å². The first-order valence-corrected chi connectivity index (χ1v) is 10.1. The highest BCUT2D eigenvalue weighted by Gasteiger charge is 2.15. The fourth-order valence-corrected chi connectivity index (χ4v) is 2.95. The lowest BCUT2D eigenvalue weighted by atomic mass is 10.1. The van der Waals surface area contributed by atoms with Gasteiger partial charge in [0, 0.05) is 24.2 Å². The number of likely N-dealkylation sites (N-methyl/N-ethyl adjacent to an activating group) is 1. The molecule has 0 aliphatic rings. The van der Waals surface area contributed by atoms with E-state index in [4.69, 9.17) is 26.5 Å². The summed E-state index contributed by atoms with van der Waals surface area (Å²) < 4.78 is 10.9. The minimum Gasteiger partial charge on any atom is -0.459 e. The Morgan fingerprint density at radius 3 is 2.38 bits per heavy atom. The molecule has 0 bridgehead atoms. The van der Waals surface area contributed by atoms with Gasteiger partial charge in [-0.1, -0.05) is 23.7 Å². The number of esters is 1.